The highest BCUT2D eigenvalue weighted by atomic mass is 16.5. The Morgan fingerprint density at radius 3 is 2.75 bits per heavy atom. The zero-order chi connectivity index (χ0) is 13.8. The predicted molar refractivity (Wildman–Crippen MR) is 76.8 cm³/mol. The van der Waals surface area contributed by atoms with Gasteiger partial charge in [-0.1, -0.05) is 6.42 Å². The van der Waals surface area contributed by atoms with Gasteiger partial charge in [0, 0.05) is 24.5 Å². The summed E-state index contributed by atoms with van der Waals surface area (Å²) >= 11 is 0. The summed E-state index contributed by atoms with van der Waals surface area (Å²) in [4.78, 5) is 8.89. The van der Waals surface area contributed by atoms with Crippen molar-refractivity contribution in [3.05, 3.63) is 17.6 Å². The number of hydrogen-bond acceptors (Lipinski definition) is 5. The van der Waals surface area contributed by atoms with Crippen LogP contribution in [0.15, 0.2) is 6.33 Å². The molecule has 1 saturated heterocycles. The maximum atomic E-state index is 9.80. The van der Waals surface area contributed by atoms with E-state index < -0.39 is 0 Å². The molecule has 0 amide bonds. The fraction of sp³-hybridized carbons (Fsp3) is 0.733. The molecular formula is C15H23N3O2. The van der Waals surface area contributed by atoms with Gasteiger partial charge in [0.2, 0.25) is 0 Å². The predicted octanol–water partition coefficient (Wildman–Crippen LogP) is 1.70. The molecule has 0 aromatic carbocycles. The van der Waals surface area contributed by atoms with Crippen molar-refractivity contribution in [2.45, 2.75) is 50.5 Å². The van der Waals surface area contributed by atoms with Gasteiger partial charge in [0.15, 0.2) is 0 Å². The number of rotatable bonds is 3. The third-order valence-electron chi connectivity index (χ3n) is 4.51. The van der Waals surface area contributed by atoms with E-state index in [1.807, 2.05) is 0 Å². The van der Waals surface area contributed by atoms with Crippen molar-refractivity contribution < 1.29 is 9.84 Å². The van der Waals surface area contributed by atoms with Gasteiger partial charge in [-0.2, -0.15) is 0 Å². The molecular weight excluding hydrogens is 254 g/mol. The monoisotopic (exact) mass is 277 g/mol. The highest BCUT2D eigenvalue weighted by Crippen LogP contribution is 2.29. The second-order valence-corrected chi connectivity index (χ2v) is 5.88. The lowest BCUT2D eigenvalue weighted by Crippen LogP contribution is -2.47. The van der Waals surface area contributed by atoms with Crippen LogP contribution in [0.1, 0.15) is 43.4 Å². The second kappa shape index (κ2) is 6.06. The number of anilines is 1. The van der Waals surface area contributed by atoms with Gasteiger partial charge < -0.3 is 15.2 Å². The molecule has 110 valence electrons. The Balaban J connectivity index is 1.86. The van der Waals surface area contributed by atoms with Crippen LogP contribution in [0, 0.1) is 0 Å². The summed E-state index contributed by atoms with van der Waals surface area (Å²) in [5.74, 6) is 0.924. The highest BCUT2D eigenvalue weighted by molar-refractivity contribution is 5.48. The van der Waals surface area contributed by atoms with E-state index in [-0.39, 0.29) is 12.1 Å². The minimum absolute atomic E-state index is 0.120. The van der Waals surface area contributed by atoms with E-state index in [0.29, 0.717) is 13.2 Å². The third kappa shape index (κ3) is 2.79. The van der Waals surface area contributed by atoms with Crippen LogP contribution < -0.4 is 5.32 Å². The first-order valence-electron chi connectivity index (χ1n) is 7.62. The minimum Gasteiger partial charge on any atom is -0.394 e. The first kappa shape index (κ1) is 13.8. The van der Waals surface area contributed by atoms with E-state index in [1.165, 1.54) is 30.5 Å². The lowest BCUT2D eigenvalue weighted by Gasteiger charge is -2.37. The fourth-order valence-corrected chi connectivity index (χ4v) is 3.14. The van der Waals surface area contributed by atoms with E-state index in [0.717, 1.165) is 31.5 Å². The zero-order valence-corrected chi connectivity index (χ0v) is 11.9. The van der Waals surface area contributed by atoms with Crippen molar-refractivity contribution >= 4 is 5.82 Å². The van der Waals surface area contributed by atoms with Gasteiger partial charge in [-0.05, 0) is 38.5 Å². The van der Waals surface area contributed by atoms with Crippen molar-refractivity contribution in [2.24, 2.45) is 0 Å². The summed E-state index contributed by atoms with van der Waals surface area (Å²) in [5, 5.41) is 13.3. The number of ether oxygens (including phenoxy) is 1. The molecule has 2 aliphatic rings. The van der Waals surface area contributed by atoms with E-state index in [2.05, 4.69) is 15.3 Å². The molecule has 2 N–H and O–H groups in total. The topological polar surface area (TPSA) is 67.3 Å². The lowest BCUT2D eigenvalue weighted by molar-refractivity contribution is 0.0378. The number of hydrogen-bond donors (Lipinski definition) is 2. The van der Waals surface area contributed by atoms with Crippen molar-refractivity contribution in [1.82, 2.24) is 9.97 Å². The number of aliphatic hydroxyl groups excluding tert-OH is 1. The SMILES string of the molecule is OCC1(Nc2ncnc3c2CCCCC3)CCOCC1. The van der Waals surface area contributed by atoms with Crippen molar-refractivity contribution in [3.8, 4) is 0 Å². The summed E-state index contributed by atoms with van der Waals surface area (Å²) in [6, 6.07) is 0. The number of fused-ring (bicyclic) bond motifs is 1. The number of nitrogens with one attached hydrogen (secondary N) is 1. The number of aromatic nitrogens is 2. The van der Waals surface area contributed by atoms with Crippen molar-refractivity contribution in [1.29, 1.82) is 0 Å². The van der Waals surface area contributed by atoms with Crippen LogP contribution in [0.5, 0.6) is 0 Å². The number of aryl methyl sites for hydroxylation is 1. The van der Waals surface area contributed by atoms with Gasteiger partial charge in [0.1, 0.15) is 12.1 Å². The number of nitrogens with zero attached hydrogens (tertiary/aromatic N) is 2. The Hall–Kier alpha value is -1.20. The molecule has 1 aliphatic heterocycles. The second-order valence-electron chi connectivity index (χ2n) is 5.88. The molecule has 3 rings (SSSR count). The first-order valence-corrected chi connectivity index (χ1v) is 7.62. The van der Waals surface area contributed by atoms with Crippen LogP contribution in [-0.2, 0) is 17.6 Å². The molecule has 0 atom stereocenters. The molecule has 0 spiro atoms. The van der Waals surface area contributed by atoms with E-state index in [4.69, 9.17) is 4.74 Å². The average molecular weight is 277 g/mol. The van der Waals surface area contributed by atoms with Crippen LogP contribution in [0.4, 0.5) is 5.82 Å². The Morgan fingerprint density at radius 1 is 1.15 bits per heavy atom. The van der Waals surface area contributed by atoms with Crippen molar-refractivity contribution in [2.75, 3.05) is 25.1 Å². The van der Waals surface area contributed by atoms with Crippen LogP contribution in [0.2, 0.25) is 0 Å². The van der Waals surface area contributed by atoms with Gasteiger partial charge in [0.25, 0.3) is 0 Å². The van der Waals surface area contributed by atoms with Crippen LogP contribution in [0.25, 0.3) is 0 Å². The molecule has 0 saturated carbocycles. The van der Waals surface area contributed by atoms with Gasteiger partial charge in [-0.15, -0.1) is 0 Å². The van der Waals surface area contributed by atoms with E-state index in [1.54, 1.807) is 6.33 Å². The summed E-state index contributed by atoms with van der Waals surface area (Å²) in [7, 11) is 0. The maximum absolute atomic E-state index is 9.80. The smallest absolute Gasteiger partial charge is 0.133 e. The Kier molecular flexibility index (Phi) is 4.17. The van der Waals surface area contributed by atoms with Gasteiger partial charge in [-0.25, -0.2) is 9.97 Å². The standard InChI is InChI=1S/C15H23N3O2/c19-10-15(6-8-20-9-7-15)18-14-12-4-2-1-3-5-13(12)16-11-17-14/h11,19H,1-10H2,(H,16,17,18). The van der Waals surface area contributed by atoms with Crippen molar-refractivity contribution in [3.63, 3.8) is 0 Å². The first-order chi connectivity index (χ1) is 9.83. The molecule has 1 aliphatic carbocycles. The summed E-state index contributed by atoms with van der Waals surface area (Å²) < 4.78 is 5.41. The fourth-order valence-electron chi connectivity index (χ4n) is 3.14. The van der Waals surface area contributed by atoms with Gasteiger partial charge in [-0.3, -0.25) is 0 Å². The molecule has 1 aromatic rings. The Labute approximate surface area is 119 Å². The normalized spacial score (nSPS) is 21.9. The Morgan fingerprint density at radius 2 is 1.95 bits per heavy atom. The molecule has 5 nitrogen and oxygen atoms in total. The molecule has 1 fully saturated rings. The summed E-state index contributed by atoms with van der Waals surface area (Å²) in [6.07, 6.45) is 9.04. The molecule has 0 unspecified atom stereocenters. The highest BCUT2D eigenvalue weighted by Gasteiger charge is 2.33. The van der Waals surface area contributed by atoms with Crippen LogP contribution in [-0.4, -0.2) is 40.4 Å². The molecule has 5 heteroatoms. The van der Waals surface area contributed by atoms with E-state index in [9.17, 15) is 5.11 Å². The van der Waals surface area contributed by atoms with Gasteiger partial charge >= 0.3 is 0 Å². The zero-order valence-electron chi connectivity index (χ0n) is 11.9. The summed E-state index contributed by atoms with van der Waals surface area (Å²) in [5.41, 5.74) is 2.15. The lowest BCUT2D eigenvalue weighted by atomic mass is 9.90. The van der Waals surface area contributed by atoms with Crippen LogP contribution >= 0.6 is 0 Å². The Bertz CT molecular complexity index is 458. The van der Waals surface area contributed by atoms with Crippen LogP contribution in [0.3, 0.4) is 0 Å². The molecule has 20 heavy (non-hydrogen) atoms. The number of aliphatic hydroxyl groups is 1. The maximum Gasteiger partial charge on any atom is 0.133 e. The largest absolute Gasteiger partial charge is 0.394 e. The quantitative estimate of drug-likeness (QED) is 0.823. The summed E-state index contributed by atoms with van der Waals surface area (Å²) in [6.45, 7) is 1.51. The molecule has 0 bridgehead atoms. The van der Waals surface area contributed by atoms with E-state index >= 15 is 0 Å². The minimum atomic E-state index is -0.285. The molecule has 0 radical (unpaired) electrons. The van der Waals surface area contributed by atoms with Gasteiger partial charge in [0.05, 0.1) is 12.1 Å². The average Bonchev–Trinajstić information content (AvgIpc) is 2.74. The molecule has 2 heterocycles. The molecule has 1 aromatic heterocycles. The third-order valence-corrected chi connectivity index (χ3v) is 4.51.